The third kappa shape index (κ3) is 6.64. The number of benzene rings is 3. The number of aliphatic hydroxyl groups excluding tert-OH is 2. The molecule has 2 aromatic heterocycles. The number of thioether (sulfide) groups is 1. The maximum atomic E-state index is 10.2. The Balaban J connectivity index is 1.50. The molecule has 0 amide bonds. The van der Waals surface area contributed by atoms with Crippen LogP contribution in [0, 0.1) is 22.7 Å². The number of oxazole rings is 1. The number of aliphatic hydroxyl groups is 2. The maximum Gasteiger partial charge on any atom is 0.227 e. The number of anilines is 1. The van der Waals surface area contributed by atoms with E-state index in [2.05, 4.69) is 17.1 Å². The summed E-state index contributed by atoms with van der Waals surface area (Å²) in [4.78, 5) is 9.18. The number of nitriles is 2. The van der Waals surface area contributed by atoms with Gasteiger partial charge in [-0.1, -0.05) is 65.8 Å². The molecule has 43 heavy (non-hydrogen) atoms. The molecule has 0 fully saturated rings. The second-order valence-electron chi connectivity index (χ2n) is 9.28. The van der Waals surface area contributed by atoms with Crippen LogP contribution in [0.5, 0.6) is 5.75 Å². The number of nitrogens with two attached hydrogens (primary N) is 1. The molecule has 0 unspecified atom stereocenters. The molecule has 0 aliphatic heterocycles. The van der Waals surface area contributed by atoms with Crippen LogP contribution in [0.25, 0.3) is 33.9 Å². The fourth-order valence-electron chi connectivity index (χ4n) is 4.27. The van der Waals surface area contributed by atoms with Gasteiger partial charge in [0, 0.05) is 27.5 Å². The van der Waals surface area contributed by atoms with Gasteiger partial charge < -0.3 is 25.1 Å². The molecule has 0 saturated carbocycles. The third-order valence-electron chi connectivity index (χ3n) is 6.38. The average molecular weight is 610 g/mol. The fourth-order valence-corrected chi connectivity index (χ4v) is 5.32. The lowest BCUT2D eigenvalue weighted by molar-refractivity contribution is 0.0536. The summed E-state index contributed by atoms with van der Waals surface area (Å²) >= 11 is 7.33. The summed E-state index contributed by atoms with van der Waals surface area (Å²) in [6.45, 7) is -0.506. The highest BCUT2D eigenvalue weighted by Crippen LogP contribution is 2.39. The minimum absolute atomic E-state index is 0.00400. The molecule has 0 radical (unpaired) electrons. The first kappa shape index (κ1) is 29.6. The van der Waals surface area contributed by atoms with Crippen molar-refractivity contribution < 1.29 is 19.4 Å². The highest BCUT2D eigenvalue weighted by molar-refractivity contribution is 7.98. The van der Waals surface area contributed by atoms with Gasteiger partial charge in [-0.3, -0.25) is 0 Å². The number of nitrogens with zero attached hydrogens (tertiary/aromatic N) is 4. The summed E-state index contributed by atoms with van der Waals surface area (Å²) < 4.78 is 11.7. The van der Waals surface area contributed by atoms with E-state index in [1.54, 1.807) is 36.4 Å². The zero-order valence-corrected chi connectivity index (χ0v) is 24.1. The van der Waals surface area contributed by atoms with Crippen LogP contribution in [-0.2, 0) is 5.75 Å². The van der Waals surface area contributed by atoms with Gasteiger partial charge in [-0.25, -0.2) is 9.97 Å². The van der Waals surface area contributed by atoms with Gasteiger partial charge in [0.1, 0.15) is 47.0 Å². The van der Waals surface area contributed by atoms with Crippen LogP contribution in [0.3, 0.4) is 0 Å². The van der Waals surface area contributed by atoms with E-state index in [1.807, 2.05) is 42.5 Å². The summed E-state index contributed by atoms with van der Waals surface area (Å²) in [5, 5.41) is 39.6. The van der Waals surface area contributed by atoms with E-state index in [0.717, 1.165) is 11.1 Å². The van der Waals surface area contributed by atoms with Gasteiger partial charge in [0.05, 0.1) is 17.9 Å². The molecular formula is C32H24ClN5O4S. The van der Waals surface area contributed by atoms with Crippen LogP contribution in [0.2, 0.25) is 5.02 Å². The lowest BCUT2D eigenvalue weighted by Crippen LogP contribution is -2.21. The molecule has 4 N–H and O–H groups in total. The Morgan fingerprint density at radius 2 is 1.58 bits per heavy atom. The molecule has 214 valence electrons. The number of nitrogen functional groups attached to an aromatic ring is 1. The third-order valence-corrected chi connectivity index (χ3v) is 7.62. The second-order valence-corrected chi connectivity index (χ2v) is 10.7. The number of ether oxygens (including phenoxy) is 1. The van der Waals surface area contributed by atoms with Gasteiger partial charge >= 0.3 is 0 Å². The lowest BCUT2D eigenvalue weighted by atomic mass is 9.97. The van der Waals surface area contributed by atoms with E-state index in [1.165, 1.54) is 11.8 Å². The molecule has 0 saturated heterocycles. The van der Waals surface area contributed by atoms with Crippen molar-refractivity contribution in [1.82, 2.24) is 9.97 Å². The summed E-state index contributed by atoms with van der Waals surface area (Å²) in [6, 6.07) is 27.7. The molecule has 2 heterocycles. The largest absolute Gasteiger partial charge is 0.491 e. The van der Waals surface area contributed by atoms with Gasteiger partial charge in [-0.15, -0.1) is 0 Å². The zero-order chi connectivity index (χ0) is 30.3. The Hall–Kier alpha value is -4.84. The number of hydrogen-bond donors (Lipinski definition) is 3. The van der Waals surface area contributed by atoms with Gasteiger partial charge in [-0.05, 0) is 42.0 Å². The highest BCUT2D eigenvalue weighted by Gasteiger charge is 2.23. The standard InChI is InChI=1S/C32H24ClN5O4S/c33-22-10-6-21(7-11-22)31-37-27(29(42-31)20-4-2-1-3-5-20)18-43-32-26(15-35)28(25(14-34)30(36)38-32)19-8-12-24(13-9-19)41-17-23(40)16-39/h1-13,23,39-40H,16-18H2,(H2,36,38)/t23-/m0/s1. The van der Waals surface area contributed by atoms with Gasteiger partial charge in [-0.2, -0.15) is 10.5 Å². The molecule has 5 aromatic rings. The van der Waals surface area contributed by atoms with Crippen molar-refractivity contribution in [2.75, 3.05) is 18.9 Å². The van der Waals surface area contributed by atoms with Crippen molar-refractivity contribution in [3.05, 3.63) is 101 Å². The molecule has 9 nitrogen and oxygen atoms in total. The Labute approximate surface area is 256 Å². The SMILES string of the molecule is N#Cc1c(N)nc(SCc2nc(-c3ccc(Cl)cc3)oc2-c2ccccc2)c(C#N)c1-c1ccc(OC[C@@H](O)CO)cc1. The number of halogens is 1. The topological polar surface area (TPSA) is 162 Å². The van der Waals surface area contributed by atoms with E-state index in [0.29, 0.717) is 50.0 Å². The Kier molecular flexibility index (Phi) is 9.26. The Morgan fingerprint density at radius 1 is 0.907 bits per heavy atom. The van der Waals surface area contributed by atoms with Gasteiger partial charge in [0.25, 0.3) is 0 Å². The summed E-state index contributed by atoms with van der Waals surface area (Å²) in [7, 11) is 0. The molecule has 0 aliphatic carbocycles. The number of aromatic nitrogens is 2. The Bertz CT molecular complexity index is 1820. The molecule has 5 rings (SSSR count). The molecule has 1 atom stereocenters. The molecule has 0 bridgehead atoms. The quantitative estimate of drug-likeness (QED) is 0.158. The van der Waals surface area contributed by atoms with Crippen LogP contribution >= 0.6 is 23.4 Å². The first-order valence-corrected chi connectivity index (χ1v) is 14.4. The summed E-state index contributed by atoms with van der Waals surface area (Å²) in [5.74, 6) is 1.75. The van der Waals surface area contributed by atoms with Crippen molar-refractivity contribution in [3.63, 3.8) is 0 Å². The second kappa shape index (κ2) is 13.4. The van der Waals surface area contributed by atoms with E-state index >= 15 is 0 Å². The predicted octanol–water partition coefficient (Wildman–Crippen LogP) is 6.07. The monoisotopic (exact) mass is 609 g/mol. The van der Waals surface area contributed by atoms with Crippen LogP contribution in [0.1, 0.15) is 16.8 Å². The number of pyridine rings is 1. The van der Waals surface area contributed by atoms with E-state index < -0.39 is 12.7 Å². The predicted molar refractivity (Wildman–Crippen MR) is 164 cm³/mol. The number of hydrogen-bond acceptors (Lipinski definition) is 10. The maximum absolute atomic E-state index is 10.2. The molecule has 0 spiro atoms. The van der Waals surface area contributed by atoms with Gasteiger partial charge in [0.15, 0.2) is 5.76 Å². The van der Waals surface area contributed by atoms with Gasteiger partial charge in [0.2, 0.25) is 5.89 Å². The van der Waals surface area contributed by atoms with Crippen molar-refractivity contribution in [1.29, 1.82) is 10.5 Å². The van der Waals surface area contributed by atoms with E-state index in [9.17, 15) is 15.6 Å². The normalized spacial score (nSPS) is 11.5. The summed E-state index contributed by atoms with van der Waals surface area (Å²) in [6.07, 6.45) is -1.01. The lowest BCUT2D eigenvalue weighted by Gasteiger charge is -2.14. The fraction of sp³-hybridized carbons (Fsp3) is 0.125. The van der Waals surface area contributed by atoms with Crippen molar-refractivity contribution in [2.24, 2.45) is 0 Å². The first-order valence-electron chi connectivity index (χ1n) is 13.0. The average Bonchev–Trinajstić information content (AvgIpc) is 3.47. The molecular weight excluding hydrogens is 586 g/mol. The summed E-state index contributed by atoms with van der Waals surface area (Å²) in [5.41, 5.74) is 9.67. The Morgan fingerprint density at radius 3 is 2.23 bits per heavy atom. The van der Waals surface area contributed by atoms with Crippen molar-refractivity contribution in [2.45, 2.75) is 16.9 Å². The van der Waals surface area contributed by atoms with Crippen molar-refractivity contribution in [3.8, 4) is 51.8 Å². The van der Waals surface area contributed by atoms with Crippen LogP contribution in [0.4, 0.5) is 5.82 Å². The minimum atomic E-state index is -1.01. The van der Waals surface area contributed by atoms with E-state index in [4.69, 9.17) is 36.6 Å². The zero-order valence-electron chi connectivity index (χ0n) is 22.6. The van der Waals surface area contributed by atoms with Crippen LogP contribution < -0.4 is 10.5 Å². The van der Waals surface area contributed by atoms with Crippen LogP contribution in [0.15, 0.2) is 88.3 Å². The molecule has 11 heteroatoms. The molecule has 0 aliphatic rings. The highest BCUT2D eigenvalue weighted by atomic mass is 35.5. The van der Waals surface area contributed by atoms with E-state index in [-0.39, 0.29) is 23.6 Å². The minimum Gasteiger partial charge on any atom is -0.491 e. The van der Waals surface area contributed by atoms with Crippen LogP contribution in [-0.4, -0.2) is 39.5 Å². The first-order chi connectivity index (χ1) is 20.9. The van der Waals surface area contributed by atoms with Crippen molar-refractivity contribution >= 4 is 29.2 Å². The number of rotatable bonds is 10. The smallest absolute Gasteiger partial charge is 0.227 e. The molecule has 3 aromatic carbocycles.